The smallest absolute Gasteiger partial charge is 0 e. The van der Waals surface area contributed by atoms with Crippen molar-refractivity contribution in [3.05, 3.63) is 0 Å². The van der Waals surface area contributed by atoms with E-state index in [9.17, 15) is 0 Å². The van der Waals surface area contributed by atoms with Crippen LogP contribution in [0.1, 0.15) is 0 Å². The van der Waals surface area contributed by atoms with E-state index in [1.54, 1.807) is 0 Å². The SMILES string of the molecule is [Al].[Al].[Cu].[Si]. The minimum atomic E-state index is 0. The summed E-state index contributed by atoms with van der Waals surface area (Å²) >= 11 is 0. The van der Waals surface area contributed by atoms with Crippen molar-refractivity contribution < 1.29 is 17.1 Å². The minimum absolute atomic E-state index is 0. The molecule has 0 N–H and O–H groups in total. The molecule has 0 aromatic heterocycles. The molecule has 4 heteroatoms. The van der Waals surface area contributed by atoms with E-state index in [0.29, 0.717) is 0 Å². The largest absolute Gasteiger partial charge is 0 e. The first-order chi connectivity index (χ1) is 0. The van der Waals surface area contributed by atoms with Crippen LogP contribution in [0, 0.1) is 0 Å². The molecule has 11 radical (unpaired) electrons. The first-order valence-electron chi connectivity index (χ1n) is 0. The summed E-state index contributed by atoms with van der Waals surface area (Å²) in [6.45, 7) is 0. The van der Waals surface area contributed by atoms with Crippen LogP contribution >= 0.6 is 0 Å². The maximum absolute atomic E-state index is 0. The van der Waals surface area contributed by atoms with Crippen molar-refractivity contribution in [3.63, 3.8) is 0 Å². The second-order valence-electron chi connectivity index (χ2n) is 0. The van der Waals surface area contributed by atoms with Gasteiger partial charge in [0.05, 0.1) is 0 Å². The van der Waals surface area contributed by atoms with Gasteiger partial charge in [-0.2, -0.15) is 0 Å². The van der Waals surface area contributed by atoms with Gasteiger partial charge in [0.1, 0.15) is 0 Å². The zero-order valence-electron chi connectivity index (χ0n) is 1.96. The van der Waals surface area contributed by atoms with Crippen LogP contribution < -0.4 is 0 Å². The van der Waals surface area contributed by atoms with Crippen molar-refractivity contribution in [2.75, 3.05) is 0 Å². The van der Waals surface area contributed by atoms with Crippen LogP contribution in [0.5, 0.6) is 0 Å². The van der Waals surface area contributed by atoms with E-state index in [4.69, 9.17) is 0 Å². The average Bonchev–Trinajstić information content (AvgIpc) is 0. The second kappa shape index (κ2) is 21.4. The van der Waals surface area contributed by atoms with E-state index in [2.05, 4.69) is 0 Å². The second-order valence-corrected chi connectivity index (χ2v) is 0. The van der Waals surface area contributed by atoms with Crippen LogP contribution in [-0.2, 0) is 17.1 Å². The number of rotatable bonds is 0. The normalized spacial score (nSPS) is 0. The van der Waals surface area contributed by atoms with Gasteiger partial charge in [0, 0.05) is 62.8 Å². The summed E-state index contributed by atoms with van der Waals surface area (Å²) in [5.74, 6) is 0. The molecule has 0 unspecified atom stereocenters. The maximum Gasteiger partial charge on any atom is 0 e. The van der Waals surface area contributed by atoms with Gasteiger partial charge in [-0.3, -0.25) is 0 Å². The molecule has 0 aliphatic rings. The molecule has 0 saturated heterocycles. The van der Waals surface area contributed by atoms with E-state index < -0.39 is 0 Å². The maximum atomic E-state index is 0. The monoisotopic (exact) mass is 145 g/mol. The minimum Gasteiger partial charge on any atom is 0 e. The molecule has 0 fully saturated rings. The molecular formula is Al2CuSi. The van der Waals surface area contributed by atoms with E-state index in [0.717, 1.165) is 0 Å². The van der Waals surface area contributed by atoms with E-state index >= 15 is 0 Å². The van der Waals surface area contributed by atoms with Gasteiger partial charge >= 0.3 is 0 Å². The molecule has 0 amide bonds. The predicted octanol–water partition coefficient (Wildman–Crippen LogP) is -1.14. The van der Waals surface area contributed by atoms with Gasteiger partial charge in [-0.05, 0) is 0 Å². The van der Waals surface area contributed by atoms with Crippen LogP contribution in [0.4, 0.5) is 0 Å². The Bertz CT molecular complexity index is 6.00. The third-order valence-corrected chi connectivity index (χ3v) is 0. The molecule has 4 heavy (non-hydrogen) atoms. The molecule has 0 saturated carbocycles. The van der Waals surface area contributed by atoms with Gasteiger partial charge in [-0.15, -0.1) is 0 Å². The van der Waals surface area contributed by atoms with Crippen molar-refractivity contribution >= 4 is 45.7 Å². The molecule has 0 aliphatic carbocycles. The van der Waals surface area contributed by atoms with Crippen molar-refractivity contribution in [3.8, 4) is 0 Å². The summed E-state index contributed by atoms with van der Waals surface area (Å²) < 4.78 is 0. The fourth-order valence-corrected chi connectivity index (χ4v) is 0. The molecule has 0 nitrogen and oxygen atoms in total. The molecule has 0 atom stereocenters. The predicted molar refractivity (Wildman–Crippen MR) is 17.3 cm³/mol. The van der Waals surface area contributed by atoms with Crippen molar-refractivity contribution in [1.29, 1.82) is 0 Å². The zero-order chi connectivity index (χ0) is 0. The topological polar surface area (TPSA) is 0 Å². The van der Waals surface area contributed by atoms with Crippen molar-refractivity contribution in [1.82, 2.24) is 0 Å². The molecular weight excluding hydrogens is 146 g/mol. The molecule has 0 spiro atoms. The van der Waals surface area contributed by atoms with Crippen LogP contribution in [0.3, 0.4) is 0 Å². The third-order valence-electron chi connectivity index (χ3n) is 0. The van der Waals surface area contributed by atoms with Gasteiger partial charge in [0.25, 0.3) is 0 Å². The number of hydrogen-bond acceptors (Lipinski definition) is 0. The third kappa shape index (κ3) is 9.19. The van der Waals surface area contributed by atoms with Crippen LogP contribution in [0.25, 0.3) is 0 Å². The van der Waals surface area contributed by atoms with Gasteiger partial charge in [-0.1, -0.05) is 0 Å². The Morgan fingerprint density at radius 1 is 0.750 bits per heavy atom. The fourth-order valence-electron chi connectivity index (χ4n) is 0. The van der Waals surface area contributed by atoms with Crippen molar-refractivity contribution in [2.45, 2.75) is 0 Å². The van der Waals surface area contributed by atoms with Gasteiger partial charge in [0.15, 0.2) is 0 Å². The quantitative estimate of drug-likeness (QED) is 0.378. The van der Waals surface area contributed by atoms with Gasteiger partial charge in [0.2, 0.25) is 0 Å². The van der Waals surface area contributed by atoms with E-state index in [1.807, 2.05) is 0 Å². The average molecular weight is 146 g/mol. The standard InChI is InChI=1S/2Al.Cu.Si. The zero-order valence-corrected chi connectivity index (χ0v) is 6.21. The number of hydrogen-bond donors (Lipinski definition) is 0. The Morgan fingerprint density at radius 3 is 0.750 bits per heavy atom. The van der Waals surface area contributed by atoms with Crippen LogP contribution in [0.2, 0.25) is 0 Å². The van der Waals surface area contributed by atoms with E-state index in [1.165, 1.54) is 0 Å². The van der Waals surface area contributed by atoms with Crippen LogP contribution in [0.15, 0.2) is 0 Å². The molecule has 0 aliphatic heterocycles. The first kappa shape index (κ1) is 41.2. The molecule has 0 heterocycles. The van der Waals surface area contributed by atoms with E-state index in [-0.39, 0.29) is 62.8 Å². The summed E-state index contributed by atoms with van der Waals surface area (Å²) in [6.07, 6.45) is 0. The van der Waals surface area contributed by atoms with Crippen LogP contribution in [-0.4, -0.2) is 45.7 Å². The Hall–Kier alpha value is 1.80. The fraction of sp³-hybridized carbons (Fsp3) is 0. The van der Waals surface area contributed by atoms with Gasteiger partial charge in [-0.25, -0.2) is 0 Å². The Balaban J connectivity index is 0. The first-order valence-corrected chi connectivity index (χ1v) is 0. The Morgan fingerprint density at radius 2 is 0.750 bits per heavy atom. The summed E-state index contributed by atoms with van der Waals surface area (Å²) in [6, 6.07) is 0. The Labute approximate surface area is 62.5 Å². The Kier molecular flexibility index (Phi) is 220. The molecule has 0 bridgehead atoms. The van der Waals surface area contributed by atoms with Crippen molar-refractivity contribution in [2.24, 2.45) is 0 Å². The molecule has 0 aromatic carbocycles. The molecule has 21 valence electrons. The summed E-state index contributed by atoms with van der Waals surface area (Å²) in [4.78, 5) is 0. The summed E-state index contributed by atoms with van der Waals surface area (Å²) in [7, 11) is 0. The summed E-state index contributed by atoms with van der Waals surface area (Å²) in [5, 5.41) is 0. The molecule has 0 aromatic rings. The van der Waals surface area contributed by atoms with Gasteiger partial charge < -0.3 is 0 Å². The summed E-state index contributed by atoms with van der Waals surface area (Å²) in [5.41, 5.74) is 0. The molecule has 0 rings (SSSR count).